The van der Waals surface area contributed by atoms with E-state index in [1.165, 1.54) is 4.90 Å². The number of carbonyl (C=O) groups excluding carboxylic acids is 2. The highest BCUT2D eigenvalue weighted by Crippen LogP contribution is 2.29. The minimum Gasteiger partial charge on any atom is -0.493 e. The maximum absolute atomic E-state index is 12.8. The molecule has 5 heteroatoms. The highest BCUT2D eigenvalue weighted by Gasteiger charge is 2.35. The van der Waals surface area contributed by atoms with E-state index in [4.69, 9.17) is 16.3 Å². The van der Waals surface area contributed by atoms with Gasteiger partial charge in [-0.3, -0.25) is 14.5 Å². The maximum Gasteiger partial charge on any atom is 0.261 e. The number of ether oxygens (including phenoxy) is 1. The van der Waals surface area contributed by atoms with Crippen molar-refractivity contribution in [3.8, 4) is 16.9 Å². The Hall–Kier alpha value is -3.37. The molecule has 30 heavy (non-hydrogen) atoms. The molecule has 0 radical (unpaired) electrons. The summed E-state index contributed by atoms with van der Waals surface area (Å²) < 4.78 is 5.79. The predicted octanol–water partition coefficient (Wildman–Crippen LogP) is 5.72. The average molecular weight is 418 g/mol. The highest BCUT2D eigenvalue weighted by molar-refractivity contribution is 6.30. The van der Waals surface area contributed by atoms with E-state index in [1.54, 1.807) is 36.4 Å². The lowest BCUT2D eigenvalue weighted by Gasteiger charge is -2.14. The summed E-state index contributed by atoms with van der Waals surface area (Å²) in [5, 5.41) is 0.609. The average Bonchev–Trinajstić information content (AvgIpc) is 3.02. The van der Waals surface area contributed by atoms with Crippen LogP contribution in [0.5, 0.6) is 5.75 Å². The molecule has 0 N–H and O–H groups in total. The smallest absolute Gasteiger partial charge is 0.261 e. The highest BCUT2D eigenvalue weighted by atomic mass is 35.5. The molecule has 0 spiro atoms. The van der Waals surface area contributed by atoms with Gasteiger partial charge in [-0.2, -0.15) is 0 Å². The van der Waals surface area contributed by atoms with E-state index in [0.717, 1.165) is 16.7 Å². The van der Waals surface area contributed by atoms with Gasteiger partial charge in [-0.05, 0) is 47.9 Å². The fourth-order valence-electron chi connectivity index (χ4n) is 3.52. The van der Waals surface area contributed by atoms with Crippen molar-refractivity contribution in [2.45, 2.75) is 6.42 Å². The third-order valence-electron chi connectivity index (χ3n) is 5.05. The summed E-state index contributed by atoms with van der Waals surface area (Å²) in [5.41, 5.74) is 3.63. The standard InChI is InChI=1S/C25H20ClNO3/c1-2-17-15-20(26)10-12-23(17)30-14-6-13-27-24(28)21-11-9-19(16-22(21)25(27)29)18-7-4-3-5-8-18/h2-5,7-12,15-16H,1,6,13-14H2. The summed E-state index contributed by atoms with van der Waals surface area (Å²) in [5.74, 6) is 0.156. The molecule has 0 aliphatic carbocycles. The number of hydrogen-bond acceptors (Lipinski definition) is 3. The summed E-state index contributed by atoms with van der Waals surface area (Å²) in [6.45, 7) is 4.42. The van der Waals surface area contributed by atoms with Gasteiger partial charge >= 0.3 is 0 Å². The molecule has 1 heterocycles. The van der Waals surface area contributed by atoms with Crippen LogP contribution in [0.2, 0.25) is 5.02 Å². The van der Waals surface area contributed by atoms with Gasteiger partial charge in [-0.25, -0.2) is 0 Å². The van der Waals surface area contributed by atoms with Crippen LogP contribution in [0.4, 0.5) is 0 Å². The normalized spacial score (nSPS) is 12.8. The van der Waals surface area contributed by atoms with Crippen LogP contribution in [0.15, 0.2) is 73.3 Å². The third-order valence-corrected chi connectivity index (χ3v) is 5.29. The molecule has 0 atom stereocenters. The topological polar surface area (TPSA) is 46.6 Å². The number of amides is 2. The minimum atomic E-state index is -0.258. The van der Waals surface area contributed by atoms with Crippen LogP contribution in [-0.2, 0) is 0 Å². The predicted molar refractivity (Wildman–Crippen MR) is 119 cm³/mol. The Morgan fingerprint density at radius 1 is 0.900 bits per heavy atom. The van der Waals surface area contributed by atoms with E-state index in [0.29, 0.717) is 41.5 Å². The van der Waals surface area contributed by atoms with Gasteiger partial charge < -0.3 is 4.74 Å². The minimum absolute atomic E-state index is 0.257. The van der Waals surface area contributed by atoms with Gasteiger partial charge in [0.2, 0.25) is 0 Å². The van der Waals surface area contributed by atoms with Gasteiger partial charge in [0.1, 0.15) is 5.75 Å². The Bertz CT molecular complexity index is 1120. The van der Waals surface area contributed by atoms with Gasteiger partial charge in [-0.1, -0.05) is 60.7 Å². The number of fused-ring (bicyclic) bond motifs is 1. The zero-order valence-electron chi connectivity index (χ0n) is 16.3. The second kappa shape index (κ2) is 8.56. The van der Waals surface area contributed by atoms with Gasteiger partial charge in [0.15, 0.2) is 0 Å². The molecule has 1 aliphatic heterocycles. The molecule has 3 aromatic carbocycles. The molecule has 2 amide bonds. The first-order valence-corrected chi connectivity index (χ1v) is 10.1. The fraction of sp³-hybridized carbons (Fsp3) is 0.120. The molecule has 4 nitrogen and oxygen atoms in total. The first kappa shape index (κ1) is 19.9. The molecule has 1 aliphatic rings. The van der Waals surface area contributed by atoms with Crippen molar-refractivity contribution in [1.29, 1.82) is 0 Å². The quantitative estimate of drug-likeness (QED) is 0.365. The lowest BCUT2D eigenvalue weighted by molar-refractivity contribution is 0.0646. The second-order valence-corrected chi connectivity index (χ2v) is 7.41. The van der Waals surface area contributed by atoms with Crippen LogP contribution < -0.4 is 4.74 Å². The summed E-state index contributed by atoms with van der Waals surface area (Å²) >= 11 is 5.98. The molecule has 3 aromatic rings. The maximum atomic E-state index is 12.8. The number of carbonyl (C=O) groups is 2. The molecular formula is C25H20ClNO3. The molecule has 0 aromatic heterocycles. The number of rotatable bonds is 7. The zero-order chi connectivity index (χ0) is 21.1. The van der Waals surface area contributed by atoms with Crippen molar-refractivity contribution in [1.82, 2.24) is 4.90 Å². The van der Waals surface area contributed by atoms with Crippen molar-refractivity contribution < 1.29 is 14.3 Å². The van der Waals surface area contributed by atoms with Gasteiger partial charge in [0, 0.05) is 17.1 Å². The SMILES string of the molecule is C=Cc1cc(Cl)ccc1OCCCN1C(=O)c2ccc(-c3ccccc3)cc2C1=O. The summed E-state index contributed by atoms with van der Waals surface area (Å²) in [6.07, 6.45) is 2.20. The van der Waals surface area contributed by atoms with Crippen molar-refractivity contribution in [2.24, 2.45) is 0 Å². The Labute approximate surface area is 180 Å². The van der Waals surface area contributed by atoms with E-state index < -0.39 is 0 Å². The van der Waals surface area contributed by atoms with E-state index >= 15 is 0 Å². The largest absolute Gasteiger partial charge is 0.493 e. The van der Waals surface area contributed by atoms with E-state index in [2.05, 4.69) is 6.58 Å². The van der Waals surface area contributed by atoms with Gasteiger partial charge in [0.05, 0.1) is 17.7 Å². The number of halogens is 1. The summed E-state index contributed by atoms with van der Waals surface area (Å²) in [7, 11) is 0. The zero-order valence-corrected chi connectivity index (χ0v) is 17.1. The first-order valence-electron chi connectivity index (χ1n) is 9.69. The molecule has 150 valence electrons. The fourth-order valence-corrected chi connectivity index (χ4v) is 3.70. The Balaban J connectivity index is 1.41. The molecular weight excluding hydrogens is 398 g/mol. The van der Waals surface area contributed by atoms with Crippen LogP contribution in [0, 0.1) is 0 Å². The van der Waals surface area contributed by atoms with E-state index in [9.17, 15) is 9.59 Å². The lowest BCUT2D eigenvalue weighted by atomic mass is 10.0. The monoisotopic (exact) mass is 417 g/mol. The molecule has 4 rings (SSSR count). The number of hydrogen-bond donors (Lipinski definition) is 0. The number of benzene rings is 3. The Kier molecular flexibility index (Phi) is 5.68. The van der Waals surface area contributed by atoms with E-state index in [1.807, 2.05) is 36.4 Å². The third kappa shape index (κ3) is 3.87. The van der Waals surface area contributed by atoms with Crippen molar-refractivity contribution in [2.75, 3.05) is 13.2 Å². The Morgan fingerprint density at radius 3 is 2.43 bits per heavy atom. The lowest BCUT2D eigenvalue weighted by Crippen LogP contribution is -2.31. The van der Waals surface area contributed by atoms with Crippen LogP contribution in [0.1, 0.15) is 32.7 Å². The number of nitrogens with zero attached hydrogens (tertiary/aromatic N) is 1. The second-order valence-electron chi connectivity index (χ2n) is 6.98. The molecule has 0 unspecified atom stereocenters. The van der Waals surface area contributed by atoms with Crippen LogP contribution in [0.3, 0.4) is 0 Å². The van der Waals surface area contributed by atoms with Gasteiger partial charge in [-0.15, -0.1) is 0 Å². The summed E-state index contributed by atoms with van der Waals surface area (Å²) in [4.78, 5) is 26.8. The van der Waals surface area contributed by atoms with Crippen LogP contribution >= 0.6 is 11.6 Å². The molecule has 0 bridgehead atoms. The van der Waals surface area contributed by atoms with Crippen LogP contribution in [0.25, 0.3) is 17.2 Å². The first-order chi connectivity index (χ1) is 14.6. The van der Waals surface area contributed by atoms with Gasteiger partial charge in [0.25, 0.3) is 11.8 Å². The van der Waals surface area contributed by atoms with Crippen LogP contribution in [-0.4, -0.2) is 29.9 Å². The van der Waals surface area contributed by atoms with Crippen molar-refractivity contribution in [3.63, 3.8) is 0 Å². The number of imide groups is 1. The summed E-state index contributed by atoms with van der Waals surface area (Å²) in [6, 6.07) is 20.5. The molecule has 0 saturated carbocycles. The molecule has 0 saturated heterocycles. The van der Waals surface area contributed by atoms with E-state index in [-0.39, 0.29) is 11.8 Å². The molecule has 0 fully saturated rings. The Morgan fingerprint density at radius 2 is 1.67 bits per heavy atom. The van der Waals surface area contributed by atoms with Crippen molar-refractivity contribution >= 4 is 29.5 Å². The van der Waals surface area contributed by atoms with Crippen molar-refractivity contribution in [3.05, 3.63) is 95.0 Å².